The molecule has 108 valence electrons. The van der Waals surface area contributed by atoms with Crippen molar-refractivity contribution in [3.8, 4) is 0 Å². The number of carbonyl (C=O) groups excluding carboxylic acids is 2. The summed E-state index contributed by atoms with van der Waals surface area (Å²) in [4.78, 5) is 35.1. The number of ether oxygens (including phenoxy) is 1. The molecule has 19 heavy (non-hydrogen) atoms. The minimum atomic E-state index is -0.995. The normalized spacial score (nSPS) is 21.8. The van der Waals surface area contributed by atoms with Crippen molar-refractivity contribution in [2.75, 3.05) is 33.9 Å². The summed E-state index contributed by atoms with van der Waals surface area (Å²) in [5.74, 6) is -1.81. The first-order valence-corrected chi connectivity index (χ1v) is 5.97. The predicted molar refractivity (Wildman–Crippen MR) is 65.6 cm³/mol. The first kappa shape index (κ1) is 15.2. The number of carboxylic acids is 1. The number of nitrogens with one attached hydrogen (secondary N) is 2. The topological polar surface area (TPSA) is 108 Å². The Hall–Kier alpha value is -1.83. The van der Waals surface area contributed by atoms with Gasteiger partial charge in [0.15, 0.2) is 0 Å². The third-order valence-corrected chi connectivity index (χ3v) is 2.84. The average Bonchev–Trinajstić information content (AvgIpc) is 2.76. The molecule has 8 heteroatoms. The van der Waals surface area contributed by atoms with Crippen LogP contribution in [-0.4, -0.2) is 67.8 Å². The third kappa shape index (κ3) is 4.74. The van der Waals surface area contributed by atoms with E-state index in [1.54, 1.807) is 14.1 Å². The lowest BCUT2D eigenvalue weighted by atomic mass is 10.0. The number of carboxylic acid groups (broad SMARTS) is 1. The second-order valence-corrected chi connectivity index (χ2v) is 4.53. The maximum atomic E-state index is 11.5. The molecule has 1 heterocycles. The number of nitrogens with zero attached hydrogens (tertiary/aromatic N) is 1. The highest BCUT2D eigenvalue weighted by molar-refractivity contribution is 5.79. The summed E-state index contributed by atoms with van der Waals surface area (Å²) in [7, 11) is 3.27. The smallest absolute Gasteiger partial charge is 0.315 e. The Balaban J connectivity index is 2.27. The molecule has 1 fully saturated rings. The fourth-order valence-corrected chi connectivity index (χ4v) is 1.67. The van der Waals surface area contributed by atoms with E-state index >= 15 is 0 Å². The highest BCUT2D eigenvalue weighted by Gasteiger charge is 2.34. The van der Waals surface area contributed by atoms with Crippen LogP contribution in [0.1, 0.15) is 6.42 Å². The quantitative estimate of drug-likeness (QED) is 0.587. The van der Waals surface area contributed by atoms with Crippen LogP contribution in [-0.2, 0) is 14.3 Å². The zero-order valence-electron chi connectivity index (χ0n) is 11.0. The van der Waals surface area contributed by atoms with Gasteiger partial charge in [0, 0.05) is 27.1 Å². The van der Waals surface area contributed by atoms with Crippen molar-refractivity contribution in [1.82, 2.24) is 15.5 Å². The Kier molecular flexibility index (Phi) is 5.56. The molecule has 0 bridgehead atoms. The minimum absolute atomic E-state index is 0.0899. The third-order valence-electron chi connectivity index (χ3n) is 2.84. The van der Waals surface area contributed by atoms with Gasteiger partial charge in [-0.1, -0.05) is 0 Å². The summed E-state index contributed by atoms with van der Waals surface area (Å²) in [6, 6.07) is -1.03. The van der Waals surface area contributed by atoms with Crippen molar-refractivity contribution in [2.24, 2.45) is 5.92 Å². The number of rotatable bonds is 5. The fourth-order valence-electron chi connectivity index (χ4n) is 1.67. The predicted octanol–water partition coefficient (Wildman–Crippen LogP) is -1.14. The van der Waals surface area contributed by atoms with Gasteiger partial charge in [0.25, 0.3) is 0 Å². The molecule has 3 amide bonds. The monoisotopic (exact) mass is 273 g/mol. The summed E-state index contributed by atoms with van der Waals surface area (Å²) in [5.41, 5.74) is 0. The van der Waals surface area contributed by atoms with Crippen LogP contribution in [0.3, 0.4) is 0 Å². The van der Waals surface area contributed by atoms with E-state index in [4.69, 9.17) is 9.84 Å². The second-order valence-electron chi connectivity index (χ2n) is 4.53. The standard InChI is InChI=1S/C11H19N3O5/c1-14(2)9(15)3-4-12-11(18)13-8-6-19-5-7(8)10(16)17/h7-8H,3-6H2,1-2H3,(H,16,17)(H2,12,13,18). The summed E-state index contributed by atoms with van der Waals surface area (Å²) in [6.07, 6.45) is 0.198. The van der Waals surface area contributed by atoms with E-state index < -0.39 is 24.0 Å². The average molecular weight is 273 g/mol. The van der Waals surface area contributed by atoms with Crippen molar-refractivity contribution in [3.05, 3.63) is 0 Å². The second kappa shape index (κ2) is 6.93. The maximum absolute atomic E-state index is 11.5. The molecule has 0 spiro atoms. The van der Waals surface area contributed by atoms with Crippen molar-refractivity contribution < 1.29 is 24.2 Å². The first-order valence-electron chi connectivity index (χ1n) is 5.97. The van der Waals surface area contributed by atoms with E-state index in [2.05, 4.69) is 10.6 Å². The largest absolute Gasteiger partial charge is 0.481 e. The number of amides is 3. The van der Waals surface area contributed by atoms with Crippen LogP contribution in [0.5, 0.6) is 0 Å². The number of hydrogen-bond donors (Lipinski definition) is 3. The van der Waals surface area contributed by atoms with E-state index in [9.17, 15) is 14.4 Å². The molecule has 2 unspecified atom stereocenters. The van der Waals surface area contributed by atoms with Crippen LogP contribution < -0.4 is 10.6 Å². The Labute approximate surface area is 111 Å². The number of urea groups is 1. The molecule has 1 rings (SSSR count). The van der Waals surface area contributed by atoms with Gasteiger partial charge < -0.3 is 25.4 Å². The molecule has 0 aromatic carbocycles. The van der Waals surface area contributed by atoms with Crippen LogP contribution in [0, 0.1) is 5.92 Å². The molecule has 2 atom stereocenters. The van der Waals surface area contributed by atoms with Gasteiger partial charge in [-0.3, -0.25) is 9.59 Å². The molecule has 0 aliphatic carbocycles. The zero-order valence-corrected chi connectivity index (χ0v) is 11.0. The van der Waals surface area contributed by atoms with Crippen molar-refractivity contribution in [2.45, 2.75) is 12.5 Å². The number of carbonyl (C=O) groups is 3. The molecule has 8 nitrogen and oxygen atoms in total. The Morgan fingerprint density at radius 2 is 2.00 bits per heavy atom. The SMILES string of the molecule is CN(C)C(=O)CCNC(=O)NC1COCC1C(=O)O. The first-order chi connectivity index (χ1) is 8.91. The molecular weight excluding hydrogens is 254 g/mol. The van der Waals surface area contributed by atoms with Crippen LogP contribution in [0.2, 0.25) is 0 Å². The fraction of sp³-hybridized carbons (Fsp3) is 0.727. The van der Waals surface area contributed by atoms with Gasteiger partial charge in [-0.05, 0) is 0 Å². The van der Waals surface area contributed by atoms with Crippen LogP contribution >= 0.6 is 0 Å². The van der Waals surface area contributed by atoms with Gasteiger partial charge in [0.2, 0.25) is 5.91 Å². The Morgan fingerprint density at radius 3 is 2.58 bits per heavy atom. The molecular formula is C11H19N3O5. The Morgan fingerprint density at radius 1 is 1.32 bits per heavy atom. The molecule has 1 saturated heterocycles. The molecule has 1 aliphatic heterocycles. The van der Waals surface area contributed by atoms with Gasteiger partial charge in [0.05, 0.1) is 19.3 Å². The molecule has 0 radical (unpaired) electrons. The van der Waals surface area contributed by atoms with Gasteiger partial charge in [-0.25, -0.2) is 4.79 Å². The van der Waals surface area contributed by atoms with Crippen LogP contribution in [0.15, 0.2) is 0 Å². The van der Waals surface area contributed by atoms with E-state index in [0.717, 1.165) is 0 Å². The molecule has 3 N–H and O–H groups in total. The number of aliphatic carboxylic acids is 1. The van der Waals surface area contributed by atoms with E-state index in [0.29, 0.717) is 0 Å². The van der Waals surface area contributed by atoms with E-state index in [1.807, 2.05) is 0 Å². The lowest BCUT2D eigenvalue weighted by molar-refractivity contribution is -0.142. The lowest BCUT2D eigenvalue weighted by Gasteiger charge is -2.16. The lowest BCUT2D eigenvalue weighted by Crippen LogP contribution is -2.47. The van der Waals surface area contributed by atoms with E-state index in [-0.39, 0.29) is 32.1 Å². The minimum Gasteiger partial charge on any atom is -0.481 e. The highest BCUT2D eigenvalue weighted by atomic mass is 16.5. The molecule has 1 aliphatic rings. The highest BCUT2D eigenvalue weighted by Crippen LogP contribution is 2.13. The number of hydrogen-bond acceptors (Lipinski definition) is 4. The maximum Gasteiger partial charge on any atom is 0.315 e. The molecule has 0 aromatic rings. The zero-order chi connectivity index (χ0) is 14.4. The van der Waals surface area contributed by atoms with Crippen molar-refractivity contribution in [1.29, 1.82) is 0 Å². The van der Waals surface area contributed by atoms with Crippen LogP contribution in [0.25, 0.3) is 0 Å². The van der Waals surface area contributed by atoms with Gasteiger partial charge in [0.1, 0.15) is 5.92 Å². The van der Waals surface area contributed by atoms with Gasteiger partial charge in [-0.2, -0.15) is 0 Å². The summed E-state index contributed by atoms with van der Waals surface area (Å²) >= 11 is 0. The van der Waals surface area contributed by atoms with Gasteiger partial charge >= 0.3 is 12.0 Å². The molecule has 0 aromatic heterocycles. The Bertz CT molecular complexity index is 358. The van der Waals surface area contributed by atoms with Crippen molar-refractivity contribution in [3.63, 3.8) is 0 Å². The van der Waals surface area contributed by atoms with E-state index in [1.165, 1.54) is 4.90 Å². The molecule has 0 saturated carbocycles. The summed E-state index contributed by atoms with van der Waals surface area (Å²) < 4.78 is 5.02. The van der Waals surface area contributed by atoms with Crippen LogP contribution in [0.4, 0.5) is 4.79 Å². The summed E-state index contributed by atoms with van der Waals surface area (Å²) in [6.45, 7) is 0.481. The van der Waals surface area contributed by atoms with Crippen molar-refractivity contribution >= 4 is 17.9 Å². The summed E-state index contributed by atoms with van der Waals surface area (Å²) in [5, 5.41) is 13.9. The van der Waals surface area contributed by atoms with Gasteiger partial charge in [-0.15, -0.1) is 0 Å².